The molecule has 106 valence electrons. The minimum Gasteiger partial charge on any atom is -0.370 e. The third kappa shape index (κ3) is 4.01. The summed E-state index contributed by atoms with van der Waals surface area (Å²) in [5.41, 5.74) is 1.44. The summed E-state index contributed by atoms with van der Waals surface area (Å²) in [6.45, 7) is 2.83. The average molecular weight is 281 g/mol. The largest absolute Gasteiger partial charge is 0.370 e. The number of carbonyl (C=O) groups excluding carboxylic acids is 1. The van der Waals surface area contributed by atoms with E-state index in [0.29, 0.717) is 17.1 Å². The fraction of sp³-hybridized carbons (Fsp3) is 0.200. The molecule has 0 atom stereocenters. The highest BCUT2D eigenvalue weighted by Gasteiger charge is 2.09. The second kappa shape index (κ2) is 7.01. The Morgan fingerprint density at radius 1 is 1.29 bits per heavy atom. The number of benzene rings is 1. The van der Waals surface area contributed by atoms with E-state index < -0.39 is 0 Å². The Morgan fingerprint density at radius 2 is 2.05 bits per heavy atom. The molecule has 6 nitrogen and oxygen atoms in total. The van der Waals surface area contributed by atoms with Crippen LogP contribution in [-0.2, 0) is 0 Å². The molecule has 1 amide bonds. The first-order valence-electron chi connectivity index (χ1n) is 6.60. The Bertz CT molecular complexity index is 661. The lowest BCUT2D eigenvalue weighted by Gasteiger charge is -2.07. The van der Waals surface area contributed by atoms with Crippen molar-refractivity contribution in [3.05, 3.63) is 47.9 Å². The van der Waals surface area contributed by atoms with Gasteiger partial charge in [0.05, 0.1) is 11.6 Å². The Kier molecular flexibility index (Phi) is 4.83. The van der Waals surface area contributed by atoms with Gasteiger partial charge in [-0.3, -0.25) is 4.79 Å². The summed E-state index contributed by atoms with van der Waals surface area (Å²) in [6, 6.07) is 10.3. The van der Waals surface area contributed by atoms with E-state index in [1.807, 2.05) is 13.0 Å². The lowest BCUT2D eigenvalue weighted by molar-refractivity contribution is 0.102. The molecule has 0 saturated carbocycles. The maximum Gasteiger partial charge on any atom is 0.274 e. The molecule has 21 heavy (non-hydrogen) atoms. The van der Waals surface area contributed by atoms with Crippen LogP contribution in [0.3, 0.4) is 0 Å². The SMILES string of the molecule is CCCNc1cc(C(=O)Nc2ccc(C#N)cc2)ncn1. The molecule has 0 aliphatic rings. The molecule has 1 aromatic carbocycles. The molecule has 2 aromatic rings. The van der Waals surface area contributed by atoms with Crippen molar-refractivity contribution in [2.24, 2.45) is 0 Å². The molecule has 1 aromatic heterocycles. The van der Waals surface area contributed by atoms with Gasteiger partial charge in [0.25, 0.3) is 5.91 Å². The second-order valence-corrected chi connectivity index (χ2v) is 4.36. The minimum absolute atomic E-state index is 0.285. The van der Waals surface area contributed by atoms with Gasteiger partial charge in [-0.1, -0.05) is 6.92 Å². The average Bonchev–Trinajstić information content (AvgIpc) is 2.54. The molecule has 2 rings (SSSR count). The summed E-state index contributed by atoms with van der Waals surface area (Å²) in [4.78, 5) is 20.1. The van der Waals surface area contributed by atoms with Crippen LogP contribution in [0.2, 0.25) is 0 Å². The monoisotopic (exact) mass is 281 g/mol. The second-order valence-electron chi connectivity index (χ2n) is 4.36. The van der Waals surface area contributed by atoms with Crippen LogP contribution in [0.25, 0.3) is 0 Å². The molecular weight excluding hydrogens is 266 g/mol. The van der Waals surface area contributed by atoms with Gasteiger partial charge < -0.3 is 10.6 Å². The molecule has 0 saturated heterocycles. The Morgan fingerprint density at radius 3 is 2.71 bits per heavy atom. The van der Waals surface area contributed by atoms with Gasteiger partial charge in [-0.15, -0.1) is 0 Å². The van der Waals surface area contributed by atoms with Crippen LogP contribution in [0.15, 0.2) is 36.7 Å². The van der Waals surface area contributed by atoms with Crippen LogP contribution in [0, 0.1) is 11.3 Å². The highest BCUT2D eigenvalue weighted by molar-refractivity contribution is 6.03. The van der Waals surface area contributed by atoms with E-state index in [9.17, 15) is 4.79 Å². The Hall–Kier alpha value is -2.94. The molecule has 0 fully saturated rings. The zero-order valence-corrected chi connectivity index (χ0v) is 11.6. The quantitative estimate of drug-likeness (QED) is 0.878. The van der Waals surface area contributed by atoms with Crippen LogP contribution < -0.4 is 10.6 Å². The van der Waals surface area contributed by atoms with Gasteiger partial charge in [0.2, 0.25) is 0 Å². The summed E-state index contributed by atoms with van der Waals surface area (Å²) >= 11 is 0. The van der Waals surface area contributed by atoms with Crippen molar-refractivity contribution >= 4 is 17.4 Å². The topological polar surface area (TPSA) is 90.7 Å². The van der Waals surface area contributed by atoms with Gasteiger partial charge >= 0.3 is 0 Å². The molecule has 2 N–H and O–H groups in total. The number of rotatable bonds is 5. The van der Waals surface area contributed by atoms with Gasteiger partial charge in [-0.2, -0.15) is 5.26 Å². The first kappa shape index (κ1) is 14.5. The van der Waals surface area contributed by atoms with Crippen molar-refractivity contribution in [1.82, 2.24) is 9.97 Å². The standard InChI is InChI=1S/C15H15N5O/c1-2-7-17-14-8-13(18-10-19-14)15(21)20-12-5-3-11(9-16)4-6-12/h3-6,8,10H,2,7H2,1H3,(H,20,21)(H,17,18,19). The van der Waals surface area contributed by atoms with Crippen LogP contribution in [-0.4, -0.2) is 22.4 Å². The van der Waals surface area contributed by atoms with Gasteiger partial charge in [-0.25, -0.2) is 9.97 Å². The number of aromatic nitrogens is 2. The molecule has 0 aliphatic heterocycles. The molecule has 0 radical (unpaired) electrons. The van der Waals surface area contributed by atoms with Crippen molar-refractivity contribution < 1.29 is 4.79 Å². The number of anilines is 2. The summed E-state index contributed by atoms with van der Waals surface area (Å²) in [5.74, 6) is 0.304. The van der Waals surface area contributed by atoms with Crippen molar-refractivity contribution in [2.75, 3.05) is 17.2 Å². The lowest BCUT2D eigenvalue weighted by atomic mass is 10.2. The van der Waals surface area contributed by atoms with Crippen molar-refractivity contribution in [2.45, 2.75) is 13.3 Å². The predicted molar refractivity (Wildman–Crippen MR) is 79.9 cm³/mol. The summed E-state index contributed by atoms with van der Waals surface area (Å²) < 4.78 is 0. The van der Waals surface area contributed by atoms with E-state index in [1.165, 1.54) is 6.33 Å². The first-order valence-corrected chi connectivity index (χ1v) is 6.60. The van der Waals surface area contributed by atoms with E-state index in [4.69, 9.17) is 5.26 Å². The predicted octanol–water partition coefficient (Wildman–Crippen LogP) is 2.42. The third-order valence-electron chi connectivity index (χ3n) is 2.73. The normalized spacial score (nSPS) is 9.71. The highest BCUT2D eigenvalue weighted by atomic mass is 16.1. The van der Waals surface area contributed by atoms with Crippen LogP contribution in [0.5, 0.6) is 0 Å². The molecule has 0 unspecified atom stereocenters. The van der Waals surface area contributed by atoms with E-state index >= 15 is 0 Å². The molecule has 0 aliphatic carbocycles. The summed E-state index contributed by atoms with van der Waals surface area (Å²) in [6.07, 6.45) is 2.32. The zero-order valence-electron chi connectivity index (χ0n) is 11.6. The van der Waals surface area contributed by atoms with Gasteiger partial charge in [0, 0.05) is 18.3 Å². The molecule has 0 spiro atoms. The summed E-state index contributed by atoms with van der Waals surface area (Å²) in [5, 5.41) is 14.6. The molecule has 6 heteroatoms. The first-order chi connectivity index (χ1) is 10.2. The fourth-order valence-corrected chi connectivity index (χ4v) is 1.65. The van der Waals surface area contributed by atoms with Gasteiger partial charge in [0.1, 0.15) is 17.8 Å². The van der Waals surface area contributed by atoms with E-state index in [2.05, 4.69) is 20.6 Å². The van der Waals surface area contributed by atoms with Gasteiger partial charge in [-0.05, 0) is 30.7 Å². The number of hydrogen-bond donors (Lipinski definition) is 2. The van der Waals surface area contributed by atoms with Crippen molar-refractivity contribution in [3.63, 3.8) is 0 Å². The maximum atomic E-state index is 12.1. The van der Waals surface area contributed by atoms with Crippen LogP contribution in [0.1, 0.15) is 29.4 Å². The number of carbonyl (C=O) groups is 1. The van der Waals surface area contributed by atoms with Crippen molar-refractivity contribution in [3.8, 4) is 6.07 Å². The molecule has 1 heterocycles. The highest BCUT2D eigenvalue weighted by Crippen LogP contribution is 2.11. The summed E-state index contributed by atoms with van der Waals surface area (Å²) in [7, 11) is 0. The number of hydrogen-bond acceptors (Lipinski definition) is 5. The van der Waals surface area contributed by atoms with E-state index in [1.54, 1.807) is 30.3 Å². The number of nitrogens with one attached hydrogen (secondary N) is 2. The van der Waals surface area contributed by atoms with E-state index in [0.717, 1.165) is 13.0 Å². The third-order valence-corrected chi connectivity index (χ3v) is 2.73. The van der Waals surface area contributed by atoms with Crippen LogP contribution >= 0.6 is 0 Å². The number of amides is 1. The molecule has 0 bridgehead atoms. The fourth-order valence-electron chi connectivity index (χ4n) is 1.65. The Balaban J connectivity index is 2.07. The number of nitrogens with zero attached hydrogens (tertiary/aromatic N) is 3. The smallest absolute Gasteiger partial charge is 0.274 e. The van der Waals surface area contributed by atoms with Crippen molar-refractivity contribution in [1.29, 1.82) is 5.26 Å². The number of nitriles is 1. The lowest BCUT2D eigenvalue weighted by Crippen LogP contribution is -2.14. The minimum atomic E-state index is -0.318. The zero-order chi connectivity index (χ0) is 15.1. The Labute approximate surface area is 122 Å². The van der Waals surface area contributed by atoms with Gasteiger partial charge in [0.15, 0.2) is 0 Å². The molecular formula is C15H15N5O. The van der Waals surface area contributed by atoms with E-state index in [-0.39, 0.29) is 11.6 Å². The van der Waals surface area contributed by atoms with Crippen LogP contribution in [0.4, 0.5) is 11.5 Å². The maximum absolute atomic E-state index is 12.1.